The van der Waals surface area contributed by atoms with Crippen molar-refractivity contribution in [3.05, 3.63) is 59.2 Å². The van der Waals surface area contributed by atoms with Gasteiger partial charge in [0.1, 0.15) is 17.1 Å². The zero-order valence-electron chi connectivity index (χ0n) is 13.9. The third-order valence-electron chi connectivity index (χ3n) is 4.23. The molecule has 6 nitrogen and oxygen atoms in total. The molecule has 1 aliphatic heterocycles. The smallest absolute Gasteiger partial charge is 0.342 e. The molecular formula is C19H19NO5. The number of esters is 1. The zero-order valence-corrected chi connectivity index (χ0v) is 13.9. The predicted molar refractivity (Wildman–Crippen MR) is 90.5 cm³/mol. The Bertz CT molecular complexity index is 802. The van der Waals surface area contributed by atoms with Gasteiger partial charge in [0.15, 0.2) is 6.61 Å². The molecular weight excluding hydrogens is 322 g/mol. The van der Waals surface area contributed by atoms with Crippen molar-refractivity contribution in [2.24, 2.45) is 0 Å². The van der Waals surface area contributed by atoms with Gasteiger partial charge in [0.2, 0.25) is 0 Å². The van der Waals surface area contributed by atoms with E-state index in [1.807, 2.05) is 18.2 Å². The Labute approximate surface area is 145 Å². The van der Waals surface area contributed by atoms with Gasteiger partial charge in [-0.1, -0.05) is 24.3 Å². The van der Waals surface area contributed by atoms with Gasteiger partial charge in [-0.2, -0.15) is 0 Å². The second-order valence-electron chi connectivity index (χ2n) is 5.79. The number of phenolic OH excluding ortho intramolecular Hbond substituents is 1. The van der Waals surface area contributed by atoms with E-state index in [4.69, 9.17) is 9.47 Å². The number of phenols is 1. The van der Waals surface area contributed by atoms with Gasteiger partial charge in [-0.3, -0.25) is 4.79 Å². The fourth-order valence-electron chi connectivity index (χ4n) is 2.81. The van der Waals surface area contributed by atoms with Crippen molar-refractivity contribution in [3.63, 3.8) is 0 Å². The molecule has 0 saturated heterocycles. The molecule has 2 aromatic rings. The van der Waals surface area contributed by atoms with Gasteiger partial charge in [-0.05, 0) is 35.7 Å². The van der Waals surface area contributed by atoms with Crippen LogP contribution in [0.4, 0.5) is 0 Å². The number of fused-ring (bicyclic) bond motifs is 1. The van der Waals surface area contributed by atoms with Crippen molar-refractivity contribution in [1.29, 1.82) is 0 Å². The van der Waals surface area contributed by atoms with E-state index < -0.39 is 5.97 Å². The van der Waals surface area contributed by atoms with Gasteiger partial charge >= 0.3 is 5.97 Å². The fraction of sp³-hybridized carbons (Fsp3) is 0.263. The van der Waals surface area contributed by atoms with Crippen LogP contribution in [0.3, 0.4) is 0 Å². The molecule has 0 aliphatic carbocycles. The van der Waals surface area contributed by atoms with Crippen LogP contribution in [0.5, 0.6) is 11.5 Å². The Balaban J connectivity index is 1.60. The molecule has 25 heavy (non-hydrogen) atoms. The molecule has 0 unspecified atom stereocenters. The van der Waals surface area contributed by atoms with Gasteiger partial charge in [-0.25, -0.2) is 4.79 Å². The van der Waals surface area contributed by atoms with Crippen LogP contribution in [0.25, 0.3) is 0 Å². The SMILES string of the molecule is COc1ccc(O)c(C(=O)OCC(=O)N2CCc3ccccc3C2)c1. The van der Waals surface area contributed by atoms with E-state index in [0.29, 0.717) is 18.8 Å². The monoisotopic (exact) mass is 341 g/mol. The normalized spacial score (nSPS) is 13.1. The number of hydrogen-bond acceptors (Lipinski definition) is 5. The number of carbonyl (C=O) groups excluding carboxylic acids is 2. The number of carbonyl (C=O) groups is 2. The second kappa shape index (κ2) is 7.25. The van der Waals surface area contributed by atoms with Crippen molar-refractivity contribution in [2.45, 2.75) is 13.0 Å². The van der Waals surface area contributed by atoms with Crippen LogP contribution in [0.15, 0.2) is 42.5 Å². The average molecular weight is 341 g/mol. The van der Waals surface area contributed by atoms with Gasteiger partial charge in [0.05, 0.1) is 7.11 Å². The summed E-state index contributed by atoms with van der Waals surface area (Å²) in [5.41, 5.74) is 2.32. The van der Waals surface area contributed by atoms with E-state index in [1.54, 1.807) is 4.90 Å². The number of methoxy groups -OCH3 is 1. The molecule has 6 heteroatoms. The lowest BCUT2D eigenvalue weighted by Gasteiger charge is -2.28. The molecule has 0 bridgehead atoms. The molecule has 0 spiro atoms. The molecule has 2 aromatic carbocycles. The van der Waals surface area contributed by atoms with Crippen LogP contribution in [0, 0.1) is 0 Å². The van der Waals surface area contributed by atoms with E-state index in [-0.39, 0.29) is 23.8 Å². The maximum absolute atomic E-state index is 12.3. The lowest BCUT2D eigenvalue weighted by molar-refractivity contribution is -0.135. The number of amides is 1. The van der Waals surface area contributed by atoms with Crippen molar-refractivity contribution >= 4 is 11.9 Å². The van der Waals surface area contributed by atoms with Crippen LogP contribution in [-0.4, -0.2) is 42.1 Å². The van der Waals surface area contributed by atoms with E-state index in [2.05, 4.69) is 6.07 Å². The Morgan fingerprint density at radius 1 is 1.16 bits per heavy atom. The molecule has 1 N–H and O–H groups in total. The van der Waals surface area contributed by atoms with Crippen LogP contribution in [0.1, 0.15) is 21.5 Å². The zero-order chi connectivity index (χ0) is 17.8. The van der Waals surface area contributed by atoms with Crippen molar-refractivity contribution in [2.75, 3.05) is 20.3 Å². The maximum atomic E-state index is 12.3. The minimum absolute atomic E-state index is 0.0314. The topological polar surface area (TPSA) is 76.1 Å². The van der Waals surface area contributed by atoms with E-state index in [1.165, 1.54) is 30.9 Å². The average Bonchev–Trinajstić information content (AvgIpc) is 2.65. The molecule has 3 rings (SSSR count). The van der Waals surface area contributed by atoms with Gasteiger partial charge in [0, 0.05) is 13.1 Å². The Morgan fingerprint density at radius 2 is 1.92 bits per heavy atom. The molecule has 0 aromatic heterocycles. The summed E-state index contributed by atoms with van der Waals surface area (Å²) >= 11 is 0. The fourth-order valence-corrected chi connectivity index (χ4v) is 2.81. The quantitative estimate of drug-likeness (QED) is 0.863. The number of rotatable bonds is 4. The predicted octanol–water partition coefficient (Wildman–Crippen LogP) is 2.14. The highest BCUT2D eigenvalue weighted by molar-refractivity contribution is 5.94. The Morgan fingerprint density at radius 3 is 2.68 bits per heavy atom. The van der Waals surface area contributed by atoms with Gasteiger partial charge in [-0.15, -0.1) is 0 Å². The summed E-state index contributed by atoms with van der Waals surface area (Å²) in [7, 11) is 1.46. The molecule has 1 heterocycles. The van der Waals surface area contributed by atoms with E-state index in [9.17, 15) is 14.7 Å². The van der Waals surface area contributed by atoms with Crippen molar-refractivity contribution < 1.29 is 24.2 Å². The van der Waals surface area contributed by atoms with Crippen LogP contribution in [-0.2, 0) is 22.5 Å². The highest BCUT2D eigenvalue weighted by Gasteiger charge is 2.22. The second-order valence-corrected chi connectivity index (χ2v) is 5.79. The van der Waals surface area contributed by atoms with Crippen LogP contribution >= 0.6 is 0 Å². The minimum atomic E-state index is -0.762. The Kier molecular flexibility index (Phi) is 4.88. The number of aromatic hydroxyl groups is 1. The summed E-state index contributed by atoms with van der Waals surface area (Å²) in [5.74, 6) is -0.818. The molecule has 0 atom stereocenters. The summed E-state index contributed by atoms with van der Waals surface area (Å²) in [4.78, 5) is 26.1. The third-order valence-corrected chi connectivity index (χ3v) is 4.23. The molecule has 0 fully saturated rings. The largest absolute Gasteiger partial charge is 0.507 e. The number of hydrogen-bond donors (Lipinski definition) is 1. The molecule has 130 valence electrons. The summed E-state index contributed by atoms with van der Waals surface area (Å²) in [6.07, 6.45) is 0.784. The molecule has 0 saturated carbocycles. The van der Waals surface area contributed by atoms with E-state index in [0.717, 1.165) is 12.0 Å². The number of ether oxygens (including phenoxy) is 2. The number of nitrogens with zero attached hydrogens (tertiary/aromatic N) is 1. The summed E-state index contributed by atoms with van der Waals surface area (Å²) in [6, 6.07) is 12.2. The first-order valence-corrected chi connectivity index (χ1v) is 7.97. The molecule has 0 radical (unpaired) electrons. The maximum Gasteiger partial charge on any atom is 0.342 e. The Hall–Kier alpha value is -3.02. The van der Waals surface area contributed by atoms with Gasteiger partial charge in [0.25, 0.3) is 5.91 Å². The molecule has 1 aliphatic rings. The van der Waals surface area contributed by atoms with Crippen molar-refractivity contribution in [3.8, 4) is 11.5 Å². The number of benzene rings is 2. The first kappa shape index (κ1) is 16.8. The highest BCUT2D eigenvalue weighted by atomic mass is 16.5. The molecule has 1 amide bonds. The first-order valence-electron chi connectivity index (χ1n) is 7.97. The summed E-state index contributed by atoms with van der Waals surface area (Å²) in [6.45, 7) is 0.742. The minimum Gasteiger partial charge on any atom is -0.507 e. The summed E-state index contributed by atoms with van der Waals surface area (Å²) < 4.78 is 10.1. The van der Waals surface area contributed by atoms with Gasteiger partial charge < -0.3 is 19.5 Å². The van der Waals surface area contributed by atoms with E-state index >= 15 is 0 Å². The lowest BCUT2D eigenvalue weighted by atomic mass is 10.00. The first-order chi connectivity index (χ1) is 12.1. The summed E-state index contributed by atoms with van der Waals surface area (Å²) in [5, 5.41) is 9.77. The van der Waals surface area contributed by atoms with Crippen LogP contribution < -0.4 is 4.74 Å². The lowest BCUT2D eigenvalue weighted by Crippen LogP contribution is -2.38. The standard InChI is InChI=1S/C19H19NO5/c1-24-15-6-7-17(21)16(10-15)19(23)25-12-18(22)20-9-8-13-4-2-3-5-14(13)11-20/h2-7,10,21H,8-9,11-12H2,1H3. The third kappa shape index (κ3) is 3.74. The van der Waals surface area contributed by atoms with Crippen molar-refractivity contribution in [1.82, 2.24) is 4.90 Å². The van der Waals surface area contributed by atoms with Crippen LogP contribution in [0.2, 0.25) is 0 Å². The highest BCUT2D eigenvalue weighted by Crippen LogP contribution is 2.24.